The van der Waals surface area contributed by atoms with Gasteiger partial charge in [0, 0.05) is 33.2 Å². The summed E-state index contributed by atoms with van der Waals surface area (Å²) in [6.45, 7) is 5.18. The van der Waals surface area contributed by atoms with E-state index in [1.54, 1.807) is 7.11 Å². The van der Waals surface area contributed by atoms with E-state index in [-0.39, 0.29) is 5.69 Å². The number of ether oxygens (including phenoxy) is 1. The number of nitrogens with zero attached hydrogens (tertiary/aromatic N) is 2. The summed E-state index contributed by atoms with van der Waals surface area (Å²) in [5.74, 6) is -0.937. The molecule has 2 N–H and O–H groups in total. The first-order valence-corrected chi connectivity index (χ1v) is 7.66. The zero-order valence-electron chi connectivity index (χ0n) is 11.7. The number of aromatic carboxylic acids is 1. The zero-order valence-corrected chi connectivity index (χ0v) is 12.5. The summed E-state index contributed by atoms with van der Waals surface area (Å²) in [5.41, 5.74) is 0.207. The molecule has 2 heterocycles. The van der Waals surface area contributed by atoms with E-state index in [0.29, 0.717) is 19.6 Å². The van der Waals surface area contributed by atoms with Crippen LogP contribution >= 0.6 is 11.3 Å². The molecule has 1 fully saturated rings. The molecular weight excluding hydrogens is 278 g/mol. The number of carboxylic acid groups (broad SMARTS) is 1. The summed E-state index contributed by atoms with van der Waals surface area (Å²) in [4.78, 5) is 18.7. The fraction of sp³-hybridized carbons (Fsp3) is 0.692. The molecule has 0 unspecified atom stereocenters. The fourth-order valence-corrected chi connectivity index (χ4v) is 3.32. The number of carboxylic acids is 1. The summed E-state index contributed by atoms with van der Waals surface area (Å²) >= 11 is 1.49. The highest BCUT2D eigenvalue weighted by molar-refractivity contribution is 7.11. The molecular formula is C13H21N3O3S. The van der Waals surface area contributed by atoms with Crippen LogP contribution in [0.1, 0.15) is 26.8 Å². The minimum atomic E-state index is -0.937. The molecule has 6 nitrogen and oxygen atoms in total. The van der Waals surface area contributed by atoms with E-state index in [2.05, 4.69) is 15.2 Å². The van der Waals surface area contributed by atoms with Crippen LogP contribution in [0.2, 0.25) is 0 Å². The van der Waals surface area contributed by atoms with E-state index in [9.17, 15) is 9.90 Å². The highest BCUT2D eigenvalue weighted by atomic mass is 32.1. The standard InChI is InChI=1S/C13H21N3O3S/c1-19-8-3-11-15-12(13(17)18)10(20-11)9-16-6-2-4-14-5-7-16/h14H,2-9H2,1H3,(H,17,18). The SMILES string of the molecule is COCCc1nc(C(=O)O)c(CN2CCCNCC2)s1. The van der Waals surface area contributed by atoms with E-state index in [0.717, 1.165) is 42.5 Å². The summed E-state index contributed by atoms with van der Waals surface area (Å²) in [5, 5.41) is 13.5. The Bertz CT molecular complexity index is 442. The normalized spacial score (nSPS) is 17.1. The number of nitrogens with one attached hydrogen (secondary N) is 1. The van der Waals surface area contributed by atoms with Crippen LogP contribution in [0, 0.1) is 0 Å². The van der Waals surface area contributed by atoms with Gasteiger partial charge in [-0.3, -0.25) is 4.90 Å². The molecule has 1 aromatic heterocycles. The number of carbonyl (C=O) groups is 1. The van der Waals surface area contributed by atoms with Gasteiger partial charge in [-0.05, 0) is 19.5 Å². The molecule has 7 heteroatoms. The maximum absolute atomic E-state index is 11.3. The smallest absolute Gasteiger partial charge is 0.355 e. The van der Waals surface area contributed by atoms with Crippen molar-refractivity contribution in [2.45, 2.75) is 19.4 Å². The quantitative estimate of drug-likeness (QED) is 0.810. The third-order valence-corrected chi connectivity index (χ3v) is 4.36. The lowest BCUT2D eigenvalue weighted by Gasteiger charge is -2.18. The van der Waals surface area contributed by atoms with Crippen LogP contribution < -0.4 is 5.32 Å². The van der Waals surface area contributed by atoms with Crippen molar-refractivity contribution in [3.63, 3.8) is 0 Å². The minimum absolute atomic E-state index is 0.207. The third kappa shape index (κ3) is 4.24. The molecule has 0 amide bonds. The molecule has 0 bridgehead atoms. The van der Waals surface area contributed by atoms with E-state index in [4.69, 9.17) is 4.74 Å². The number of methoxy groups -OCH3 is 1. The molecule has 0 saturated carbocycles. The number of aromatic nitrogens is 1. The van der Waals surface area contributed by atoms with Crippen LogP contribution in [0.4, 0.5) is 0 Å². The van der Waals surface area contributed by atoms with Gasteiger partial charge in [0.15, 0.2) is 5.69 Å². The van der Waals surface area contributed by atoms with Crippen LogP contribution in [0.25, 0.3) is 0 Å². The molecule has 0 radical (unpaired) electrons. The van der Waals surface area contributed by atoms with Gasteiger partial charge in [0.1, 0.15) is 0 Å². The predicted molar refractivity (Wildman–Crippen MR) is 77.4 cm³/mol. The first-order valence-electron chi connectivity index (χ1n) is 6.84. The van der Waals surface area contributed by atoms with Crippen molar-refractivity contribution in [1.29, 1.82) is 0 Å². The van der Waals surface area contributed by atoms with Gasteiger partial charge in [-0.2, -0.15) is 0 Å². The maximum atomic E-state index is 11.3. The van der Waals surface area contributed by atoms with Crippen molar-refractivity contribution in [2.24, 2.45) is 0 Å². The van der Waals surface area contributed by atoms with Crippen molar-refractivity contribution < 1.29 is 14.6 Å². The van der Waals surface area contributed by atoms with Gasteiger partial charge < -0.3 is 15.2 Å². The van der Waals surface area contributed by atoms with Gasteiger partial charge in [-0.1, -0.05) is 0 Å². The first kappa shape index (κ1) is 15.4. The minimum Gasteiger partial charge on any atom is -0.476 e. The van der Waals surface area contributed by atoms with Crippen LogP contribution in [-0.4, -0.2) is 60.9 Å². The van der Waals surface area contributed by atoms with Crippen LogP contribution in [-0.2, 0) is 17.7 Å². The lowest BCUT2D eigenvalue weighted by atomic mass is 10.3. The summed E-state index contributed by atoms with van der Waals surface area (Å²) in [6.07, 6.45) is 1.76. The Hall–Kier alpha value is -1.02. The van der Waals surface area contributed by atoms with E-state index < -0.39 is 5.97 Å². The Morgan fingerprint density at radius 1 is 1.50 bits per heavy atom. The first-order chi connectivity index (χ1) is 9.70. The lowest BCUT2D eigenvalue weighted by Crippen LogP contribution is -2.27. The average Bonchev–Trinajstić information content (AvgIpc) is 2.64. The molecule has 0 spiro atoms. The lowest BCUT2D eigenvalue weighted by molar-refractivity contribution is 0.0688. The summed E-state index contributed by atoms with van der Waals surface area (Å²) < 4.78 is 5.02. The number of hydrogen-bond donors (Lipinski definition) is 2. The van der Waals surface area contributed by atoms with Gasteiger partial charge in [0.05, 0.1) is 16.5 Å². The van der Waals surface area contributed by atoms with Gasteiger partial charge in [-0.15, -0.1) is 11.3 Å². The highest BCUT2D eigenvalue weighted by Crippen LogP contribution is 2.21. The Labute approximate surface area is 122 Å². The second kappa shape index (κ2) is 7.68. The average molecular weight is 299 g/mol. The molecule has 2 rings (SSSR count). The number of thiazole rings is 1. The molecule has 0 aromatic carbocycles. The molecule has 20 heavy (non-hydrogen) atoms. The number of rotatable bonds is 6. The van der Waals surface area contributed by atoms with Crippen LogP contribution in [0.3, 0.4) is 0 Å². The number of hydrogen-bond acceptors (Lipinski definition) is 6. The van der Waals surface area contributed by atoms with Crippen molar-refractivity contribution in [3.05, 3.63) is 15.6 Å². The Morgan fingerprint density at radius 3 is 3.10 bits per heavy atom. The zero-order chi connectivity index (χ0) is 14.4. The molecule has 0 aliphatic carbocycles. The van der Waals surface area contributed by atoms with E-state index in [1.165, 1.54) is 11.3 Å². The van der Waals surface area contributed by atoms with E-state index in [1.807, 2.05) is 0 Å². The molecule has 1 aliphatic heterocycles. The molecule has 0 atom stereocenters. The Kier molecular flexibility index (Phi) is 5.90. The Balaban J connectivity index is 2.07. The van der Waals surface area contributed by atoms with Crippen molar-refractivity contribution >= 4 is 17.3 Å². The van der Waals surface area contributed by atoms with Crippen molar-refractivity contribution in [1.82, 2.24) is 15.2 Å². The third-order valence-electron chi connectivity index (χ3n) is 3.26. The van der Waals surface area contributed by atoms with Crippen LogP contribution in [0.15, 0.2) is 0 Å². The molecule has 1 aromatic rings. The largest absolute Gasteiger partial charge is 0.476 e. The summed E-state index contributed by atoms with van der Waals surface area (Å²) in [7, 11) is 1.64. The Morgan fingerprint density at radius 2 is 2.35 bits per heavy atom. The molecule has 112 valence electrons. The van der Waals surface area contributed by atoms with Crippen molar-refractivity contribution in [3.8, 4) is 0 Å². The van der Waals surface area contributed by atoms with Gasteiger partial charge in [0.2, 0.25) is 0 Å². The van der Waals surface area contributed by atoms with Gasteiger partial charge in [0.25, 0.3) is 0 Å². The highest BCUT2D eigenvalue weighted by Gasteiger charge is 2.20. The second-order valence-electron chi connectivity index (χ2n) is 4.81. The fourth-order valence-electron chi connectivity index (χ4n) is 2.23. The topological polar surface area (TPSA) is 74.7 Å². The van der Waals surface area contributed by atoms with Gasteiger partial charge >= 0.3 is 5.97 Å². The molecule has 1 aliphatic rings. The monoisotopic (exact) mass is 299 g/mol. The maximum Gasteiger partial charge on any atom is 0.355 e. The van der Waals surface area contributed by atoms with Crippen LogP contribution in [0.5, 0.6) is 0 Å². The van der Waals surface area contributed by atoms with Crippen molar-refractivity contribution in [2.75, 3.05) is 39.9 Å². The van der Waals surface area contributed by atoms with E-state index >= 15 is 0 Å². The second-order valence-corrected chi connectivity index (χ2v) is 5.98. The van der Waals surface area contributed by atoms with Gasteiger partial charge in [-0.25, -0.2) is 9.78 Å². The molecule has 1 saturated heterocycles. The predicted octanol–water partition coefficient (Wildman–Crippen LogP) is 0.826. The summed E-state index contributed by atoms with van der Waals surface area (Å²) in [6, 6.07) is 0.